The van der Waals surface area contributed by atoms with Crippen LogP contribution in [-0.4, -0.2) is 45.2 Å². The molecule has 0 saturated heterocycles. The van der Waals surface area contributed by atoms with E-state index in [0.717, 1.165) is 0 Å². The van der Waals surface area contributed by atoms with E-state index in [4.69, 9.17) is 16.0 Å². The van der Waals surface area contributed by atoms with Gasteiger partial charge < -0.3 is 9.52 Å². The number of hydrogen-bond acceptors (Lipinski definition) is 7. The second-order valence-corrected chi connectivity index (χ2v) is 7.36. The first-order valence-corrected chi connectivity index (χ1v) is 8.91. The molecule has 2 aromatic rings. The number of hydrogen-bond donors (Lipinski definition) is 2. The fourth-order valence-electron chi connectivity index (χ4n) is 2.35. The van der Waals surface area contributed by atoms with Gasteiger partial charge in [0.1, 0.15) is 18.0 Å². The van der Waals surface area contributed by atoms with E-state index in [2.05, 4.69) is 4.99 Å². The molecular weight excluding hydrogens is 487 g/mol. The molecule has 16 heteroatoms. The number of amides is 1. The van der Waals surface area contributed by atoms with Crippen molar-refractivity contribution in [3.8, 4) is 5.75 Å². The van der Waals surface area contributed by atoms with Gasteiger partial charge >= 0.3 is 23.6 Å². The van der Waals surface area contributed by atoms with Gasteiger partial charge in [-0.2, -0.15) is 30.7 Å². The Bertz CT molecular complexity index is 1150. The molecule has 1 aliphatic heterocycles. The van der Waals surface area contributed by atoms with E-state index in [1.54, 1.807) is 5.43 Å². The van der Waals surface area contributed by atoms with Crippen molar-refractivity contribution in [3.63, 3.8) is 0 Å². The fourth-order valence-corrected chi connectivity index (χ4v) is 3.32. The number of carbonyl (C=O) groups is 1. The van der Waals surface area contributed by atoms with Gasteiger partial charge in [-0.1, -0.05) is 11.6 Å². The molecule has 0 aliphatic carbocycles. The number of benzene rings is 1. The monoisotopic (exact) mass is 493 g/mol. The highest BCUT2D eigenvalue weighted by Gasteiger charge is 2.75. The SMILES string of the molecule is O=C(NN1CN=C(C(F)(F)C(F)(F)C(F)(F)F)S1)c1c(O)c2ccc(Cl)cc2oc1=O. The molecule has 31 heavy (non-hydrogen) atoms. The summed E-state index contributed by atoms with van der Waals surface area (Å²) in [5.74, 6) is -14.4. The maximum absolute atomic E-state index is 13.7. The van der Waals surface area contributed by atoms with Gasteiger partial charge in [-0.05, 0) is 12.1 Å². The molecule has 1 aromatic carbocycles. The molecule has 2 N–H and O–H groups in total. The topological polar surface area (TPSA) is 95.1 Å². The molecule has 0 bridgehead atoms. The Morgan fingerprint density at radius 2 is 1.87 bits per heavy atom. The average Bonchev–Trinajstić information content (AvgIpc) is 3.09. The number of carbonyl (C=O) groups excluding carboxylic acids is 1. The highest BCUT2D eigenvalue weighted by atomic mass is 35.5. The molecule has 0 spiro atoms. The number of aromatic hydroxyl groups is 1. The lowest BCUT2D eigenvalue weighted by Crippen LogP contribution is -2.55. The van der Waals surface area contributed by atoms with Crippen molar-refractivity contribution in [1.82, 2.24) is 9.84 Å². The lowest BCUT2D eigenvalue weighted by atomic mass is 10.1. The van der Waals surface area contributed by atoms with Crippen LogP contribution >= 0.6 is 23.5 Å². The summed E-state index contributed by atoms with van der Waals surface area (Å²) >= 11 is 5.31. The van der Waals surface area contributed by atoms with Crippen LogP contribution in [-0.2, 0) is 0 Å². The molecule has 168 valence electrons. The third-order valence-corrected chi connectivity index (χ3v) is 5.07. The van der Waals surface area contributed by atoms with E-state index in [1.807, 2.05) is 0 Å². The number of halogens is 8. The molecule has 7 nitrogen and oxygen atoms in total. The Morgan fingerprint density at radius 3 is 2.48 bits per heavy atom. The van der Waals surface area contributed by atoms with E-state index >= 15 is 0 Å². The Labute approximate surface area is 175 Å². The summed E-state index contributed by atoms with van der Waals surface area (Å²) in [6.45, 7) is -0.954. The fraction of sp³-hybridized carbons (Fsp3) is 0.267. The van der Waals surface area contributed by atoms with Crippen LogP contribution in [0.5, 0.6) is 5.75 Å². The molecule has 3 rings (SSSR count). The van der Waals surface area contributed by atoms with Crippen LogP contribution in [0.3, 0.4) is 0 Å². The summed E-state index contributed by atoms with van der Waals surface area (Å²) in [7, 11) is 0. The van der Waals surface area contributed by atoms with Gasteiger partial charge in [-0.15, -0.1) is 4.41 Å². The quantitative estimate of drug-likeness (QED) is 0.380. The number of rotatable bonds is 4. The lowest BCUT2D eigenvalue weighted by molar-refractivity contribution is -0.335. The summed E-state index contributed by atoms with van der Waals surface area (Å²) in [5.41, 5.74) is -0.730. The van der Waals surface area contributed by atoms with Crippen molar-refractivity contribution in [1.29, 1.82) is 0 Å². The van der Waals surface area contributed by atoms with Crippen molar-refractivity contribution in [2.24, 2.45) is 4.99 Å². The second kappa shape index (κ2) is 7.56. The molecule has 0 unspecified atom stereocenters. The van der Waals surface area contributed by atoms with Crippen LogP contribution in [0.2, 0.25) is 5.02 Å². The summed E-state index contributed by atoms with van der Waals surface area (Å²) in [6, 6.07) is 3.67. The van der Waals surface area contributed by atoms with Crippen LogP contribution < -0.4 is 11.1 Å². The molecule has 1 aromatic heterocycles. The number of aliphatic imine (C=N–C) groups is 1. The van der Waals surface area contributed by atoms with Crippen LogP contribution in [0.4, 0.5) is 30.7 Å². The van der Waals surface area contributed by atoms with Gasteiger partial charge in [0.05, 0.1) is 5.39 Å². The van der Waals surface area contributed by atoms with Gasteiger partial charge in [0, 0.05) is 23.0 Å². The Kier molecular flexibility index (Phi) is 5.65. The first-order chi connectivity index (χ1) is 14.2. The summed E-state index contributed by atoms with van der Waals surface area (Å²) < 4.78 is 95.7. The first kappa shape index (κ1) is 23.1. The van der Waals surface area contributed by atoms with Crippen molar-refractivity contribution in [2.75, 3.05) is 6.67 Å². The van der Waals surface area contributed by atoms with Gasteiger partial charge in [0.25, 0.3) is 5.91 Å². The van der Waals surface area contributed by atoms with Crippen LogP contribution in [0.1, 0.15) is 10.4 Å². The number of nitrogens with zero attached hydrogens (tertiary/aromatic N) is 2. The molecule has 0 fully saturated rings. The van der Waals surface area contributed by atoms with Crippen molar-refractivity contribution >= 4 is 45.5 Å². The zero-order valence-corrected chi connectivity index (χ0v) is 16.0. The van der Waals surface area contributed by atoms with Crippen molar-refractivity contribution < 1.29 is 45.1 Å². The minimum atomic E-state index is -6.56. The minimum absolute atomic E-state index is 0.114. The first-order valence-electron chi connectivity index (χ1n) is 7.76. The zero-order chi connectivity index (χ0) is 23.4. The summed E-state index contributed by atoms with van der Waals surface area (Å²) in [5, 5.41) is 8.29. The van der Waals surface area contributed by atoms with E-state index in [0.29, 0.717) is 4.41 Å². The number of nitrogens with one attached hydrogen (secondary N) is 1. The van der Waals surface area contributed by atoms with Gasteiger partial charge in [0.2, 0.25) is 0 Å². The van der Waals surface area contributed by atoms with Crippen LogP contribution in [0, 0.1) is 0 Å². The van der Waals surface area contributed by atoms with Crippen LogP contribution in [0.25, 0.3) is 11.0 Å². The summed E-state index contributed by atoms with van der Waals surface area (Å²) in [4.78, 5) is 27.2. The van der Waals surface area contributed by atoms with Gasteiger partial charge in [-0.25, -0.2) is 4.79 Å². The smallest absolute Gasteiger partial charge is 0.460 e. The number of fused-ring (bicyclic) bond motifs is 1. The molecule has 1 amide bonds. The van der Waals surface area contributed by atoms with E-state index in [1.165, 1.54) is 18.2 Å². The third-order valence-electron chi connectivity index (χ3n) is 3.85. The molecule has 0 atom stereocenters. The van der Waals surface area contributed by atoms with Crippen molar-refractivity contribution in [2.45, 2.75) is 18.0 Å². The van der Waals surface area contributed by atoms with Gasteiger partial charge in [-0.3, -0.25) is 15.2 Å². The van der Waals surface area contributed by atoms with E-state index in [9.17, 15) is 45.4 Å². The van der Waals surface area contributed by atoms with E-state index < -0.39 is 64.5 Å². The largest absolute Gasteiger partial charge is 0.506 e. The number of alkyl halides is 7. The predicted octanol–water partition coefficient (Wildman–Crippen LogP) is 3.95. The lowest BCUT2D eigenvalue weighted by Gasteiger charge is -2.27. The molecule has 0 saturated carbocycles. The average molecular weight is 494 g/mol. The highest BCUT2D eigenvalue weighted by molar-refractivity contribution is 8.12. The number of hydrazine groups is 1. The van der Waals surface area contributed by atoms with Crippen LogP contribution in [0.15, 0.2) is 32.4 Å². The van der Waals surface area contributed by atoms with Crippen molar-refractivity contribution in [3.05, 3.63) is 39.2 Å². The highest BCUT2D eigenvalue weighted by Crippen LogP contribution is 2.49. The maximum atomic E-state index is 13.7. The van der Waals surface area contributed by atoms with Gasteiger partial charge in [0.15, 0.2) is 10.6 Å². The molecule has 1 aliphatic rings. The maximum Gasteiger partial charge on any atom is 0.460 e. The summed E-state index contributed by atoms with van der Waals surface area (Å²) in [6.07, 6.45) is -6.56. The third kappa shape index (κ3) is 3.92. The normalized spacial score (nSPS) is 15.9. The second-order valence-electron chi connectivity index (χ2n) is 5.92. The molecule has 2 heterocycles. The van der Waals surface area contributed by atoms with E-state index in [-0.39, 0.29) is 16.0 Å². The minimum Gasteiger partial charge on any atom is -0.506 e. The molecule has 0 radical (unpaired) electrons. The standard InChI is InChI=1S/C15H7ClF7N3O4S/c16-5-1-2-6-7(3-5)30-11(29)8(9(6)27)10(28)25-26-4-24-12(31-26)13(17,18)14(19,20)15(21,22)23/h1-3,27H,4H2,(H,25,28). The Morgan fingerprint density at radius 1 is 1.23 bits per heavy atom. The molecular formula is C15H7ClF7N3O4S. The predicted molar refractivity (Wildman–Crippen MR) is 94.3 cm³/mol. The Balaban J connectivity index is 1.81. The Hall–Kier alpha value is -2.52. The zero-order valence-electron chi connectivity index (χ0n) is 14.4.